The number of hydrogen-bond acceptors (Lipinski definition) is 5. The molecule has 0 bridgehead atoms. The first kappa shape index (κ1) is 51.9. The molecule has 0 fully saturated rings. The van der Waals surface area contributed by atoms with Gasteiger partial charge in [-0.15, -0.1) is 0 Å². The first-order valence-corrected chi connectivity index (χ1v) is 24.1. The molecule has 0 aromatic carbocycles. The van der Waals surface area contributed by atoms with Crippen LogP contribution in [0.4, 0.5) is 0 Å². The van der Waals surface area contributed by atoms with Crippen molar-refractivity contribution in [1.29, 1.82) is 0 Å². The molecule has 0 saturated carbocycles. The Morgan fingerprint density at radius 2 is 0.585 bits per heavy atom. The third kappa shape index (κ3) is 43.5. The first-order valence-electron chi connectivity index (χ1n) is 24.1. The van der Waals surface area contributed by atoms with E-state index < -0.39 is 6.10 Å². The first-order chi connectivity index (χ1) is 26.1. The fourth-order valence-electron chi connectivity index (χ4n) is 7.50. The predicted octanol–water partition coefficient (Wildman–Crippen LogP) is 15.5. The molecule has 0 aromatic heterocycles. The fourth-order valence-corrected chi connectivity index (χ4v) is 7.50. The van der Waals surface area contributed by atoms with E-state index in [1.54, 1.807) is 0 Å². The molecule has 53 heavy (non-hydrogen) atoms. The summed E-state index contributed by atoms with van der Waals surface area (Å²) in [5, 5.41) is 9.59. The number of rotatable bonds is 45. The summed E-state index contributed by atoms with van der Waals surface area (Å²) in [5.74, 6) is -0.570. The van der Waals surface area contributed by atoms with Crippen molar-refractivity contribution < 1.29 is 24.2 Å². The van der Waals surface area contributed by atoms with Crippen molar-refractivity contribution in [2.24, 2.45) is 0 Å². The maximum atomic E-state index is 12.2. The number of aliphatic hydroxyl groups is 1. The Balaban J connectivity index is 3.41. The molecule has 0 rings (SSSR count). The zero-order valence-electron chi connectivity index (χ0n) is 36.1. The van der Waals surface area contributed by atoms with Gasteiger partial charge in [0.05, 0.1) is 6.61 Å². The number of esters is 2. The summed E-state index contributed by atoms with van der Waals surface area (Å²) in [6, 6.07) is 0. The largest absolute Gasteiger partial charge is 0.462 e. The van der Waals surface area contributed by atoms with Crippen LogP contribution in [0.3, 0.4) is 0 Å². The van der Waals surface area contributed by atoms with Crippen LogP contribution >= 0.6 is 0 Å². The van der Waals surface area contributed by atoms with E-state index in [0.29, 0.717) is 12.8 Å². The van der Waals surface area contributed by atoms with Gasteiger partial charge in [0.15, 0.2) is 6.10 Å². The van der Waals surface area contributed by atoms with E-state index in [1.807, 2.05) is 0 Å². The highest BCUT2D eigenvalue weighted by atomic mass is 16.6. The second-order valence-electron chi connectivity index (χ2n) is 16.6. The van der Waals surface area contributed by atoms with Gasteiger partial charge in [-0.25, -0.2) is 0 Å². The Labute approximate surface area is 331 Å². The van der Waals surface area contributed by atoms with Gasteiger partial charge in [0.1, 0.15) is 6.61 Å². The van der Waals surface area contributed by atoms with Gasteiger partial charge in [0, 0.05) is 12.8 Å². The van der Waals surface area contributed by atoms with E-state index in [4.69, 9.17) is 9.47 Å². The molecule has 1 unspecified atom stereocenters. The van der Waals surface area contributed by atoms with Gasteiger partial charge in [0.2, 0.25) is 0 Å². The molecule has 0 radical (unpaired) electrons. The van der Waals surface area contributed by atoms with Crippen molar-refractivity contribution in [3.05, 3.63) is 0 Å². The van der Waals surface area contributed by atoms with Crippen LogP contribution in [-0.4, -0.2) is 36.4 Å². The summed E-state index contributed by atoms with van der Waals surface area (Å²) in [4.78, 5) is 24.4. The van der Waals surface area contributed by atoms with E-state index in [-0.39, 0.29) is 25.2 Å². The second-order valence-corrected chi connectivity index (χ2v) is 16.6. The number of carbonyl (C=O) groups excluding carboxylic acids is 2. The molecule has 0 amide bonds. The molecule has 0 saturated heterocycles. The molecule has 1 N–H and O–H groups in total. The third-order valence-corrected chi connectivity index (χ3v) is 11.2. The molecule has 0 heterocycles. The molecule has 0 aliphatic heterocycles. The van der Waals surface area contributed by atoms with E-state index in [0.717, 1.165) is 32.1 Å². The third-order valence-electron chi connectivity index (χ3n) is 11.2. The average Bonchev–Trinajstić information content (AvgIpc) is 3.16. The van der Waals surface area contributed by atoms with E-state index in [2.05, 4.69) is 13.8 Å². The molecular weight excluding hydrogens is 657 g/mol. The smallest absolute Gasteiger partial charge is 0.306 e. The van der Waals surface area contributed by atoms with E-state index in [1.165, 1.54) is 218 Å². The van der Waals surface area contributed by atoms with Crippen LogP contribution in [-0.2, 0) is 19.1 Å². The highest BCUT2D eigenvalue weighted by Crippen LogP contribution is 2.17. The maximum Gasteiger partial charge on any atom is 0.306 e. The maximum absolute atomic E-state index is 12.2. The minimum Gasteiger partial charge on any atom is -0.462 e. The van der Waals surface area contributed by atoms with Crippen LogP contribution in [0, 0.1) is 0 Å². The quantitative estimate of drug-likeness (QED) is 0.0495. The Hall–Kier alpha value is -1.10. The summed E-state index contributed by atoms with van der Waals surface area (Å²) < 4.78 is 10.7. The van der Waals surface area contributed by atoms with Crippen molar-refractivity contribution in [2.45, 2.75) is 283 Å². The molecule has 5 nitrogen and oxygen atoms in total. The lowest BCUT2D eigenvalue weighted by atomic mass is 10.0. The Morgan fingerprint density at radius 3 is 0.830 bits per heavy atom. The van der Waals surface area contributed by atoms with Crippen molar-refractivity contribution in [3.63, 3.8) is 0 Å². The highest BCUT2D eigenvalue weighted by Gasteiger charge is 2.16. The number of hydrogen-bond donors (Lipinski definition) is 1. The van der Waals surface area contributed by atoms with Gasteiger partial charge < -0.3 is 14.6 Å². The zero-order valence-corrected chi connectivity index (χ0v) is 36.1. The molecule has 5 heteroatoms. The lowest BCUT2D eigenvalue weighted by Gasteiger charge is -2.15. The van der Waals surface area contributed by atoms with Crippen molar-refractivity contribution in [2.75, 3.05) is 13.2 Å². The summed E-state index contributed by atoms with van der Waals surface area (Å²) >= 11 is 0. The van der Waals surface area contributed by atoms with Gasteiger partial charge in [-0.2, -0.15) is 0 Å². The topological polar surface area (TPSA) is 72.8 Å². The summed E-state index contributed by atoms with van der Waals surface area (Å²) in [5.41, 5.74) is 0. The van der Waals surface area contributed by atoms with Gasteiger partial charge in [-0.05, 0) is 12.8 Å². The number of unbranched alkanes of at least 4 members (excludes halogenated alkanes) is 37. The van der Waals surface area contributed by atoms with Gasteiger partial charge >= 0.3 is 11.9 Å². The van der Waals surface area contributed by atoms with E-state index in [9.17, 15) is 14.7 Å². The average molecular weight is 751 g/mol. The van der Waals surface area contributed by atoms with E-state index >= 15 is 0 Å². The number of aliphatic hydroxyl groups excluding tert-OH is 1. The lowest BCUT2D eigenvalue weighted by Crippen LogP contribution is -2.28. The molecule has 316 valence electrons. The van der Waals surface area contributed by atoms with Crippen LogP contribution < -0.4 is 0 Å². The van der Waals surface area contributed by atoms with Crippen LogP contribution in [0.1, 0.15) is 277 Å². The lowest BCUT2D eigenvalue weighted by molar-refractivity contribution is -0.161. The van der Waals surface area contributed by atoms with Crippen LogP contribution in [0.25, 0.3) is 0 Å². The standard InChI is InChI=1S/C48H94O5/c1-3-5-7-9-11-13-15-17-19-20-21-22-23-24-25-26-27-28-29-31-33-35-37-39-41-43-48(51)53-46(44-49)45-52-47(50)42-40-38-36-34-32-30-18-16-14-12-10-8-6-4-2/h46,49H,3-45H2,1-2H3. The summed E-state index contributed by atoms with van der Waals surface area (Å²) in [6.45, 7) is 4.18. The van der Waals surface area contributed by atoms with Crippen LogP contribution in [0.5, 0.6) is 0 Å². The van der Waals surface area contributed by atoms with Crippen LogP contribution in [0.15, 0.2) is 0 Å². The molecule has 0 spiro atoms. The minimum atomic E-state index is -0.762. The Bertz CT molecular complexity index is 725. The van der Waals surface area contributed by atoms with Gasteiger partial charge in [-0.3, -0.25) is 9.59 Å². The Kier molecular flexibility index (Phi) is 44.4. The molecule has 0 aliphatic carbocycles. The normalized spacial score (nSPS) is 12.0. The monoisotopic (exact) mass is 751 g/mol. The van der Waals surface area contributed by atoms with Gasteiger partial charge in [0.25, 0.3) is 0 Å². The minimum absolute atomic E-state index is 0.0564. The van der Waals surface area contributed by atoms with Crippen LogP contribution in [0.2, 0.25) is 0 Å². The zero-order chi connectivity index (χ0) is 38.6. The molecule has 0 aliphatic rings. The predicted molar refractivity (Wildman–Crippen MR) is 229 cm³/mol. The molecular formula is C48H94O5. The summed E-state index contributed by atoms with van der Waals surface area (Å²) in [6.07, 6.45) is 52.0. The summed E-state index contributed by atoms with van der Waals surface area (Å²) in [7, 11) is 0. The van der Waals surface area contributed by atoms with Gasteiger partial charge in [-0.1, -0.05) is 251 Å². The Morgan fingerprint density at radius 1 is 0.358 bits per heavy atom. The highest BCUT2D eigenvalue weighted by molar-refractivity contribution is 5.70. The van der Waals surface area contributed by atoms with Crippen molar-refractivity contribution >= 4 is 11.9 Å². The molecule has 0 aromatic rings. The molecule has 1 atom stereocenters. The second kappa shape index (κ2) is 45.3. The number of carbonyl (C=O) groups is 2. The van der Waals surface area contributed by atoms with Crippen molar-refractivity contribution in [1.82, 2.24) is 0 Å². The number of ether oxygens (including phenoxy) is 2. The van der Waals surface area contributed by atoms with Crippen molar-refractivity contribution in [3.8, 4) is 0 Å². The fraction of sp³-hybridized carbons (Fsp3) is 0.958. The SMILES string of the molecule is CCCCCCCCCCCCCCCCCCCCCCCCCCCC(=O)OC(CO)COC(=O)CCCCCCCCCCCCCCCC.